The molecule has 0 aromatic heterocycles. The van der Waals surface area contributed by atoms with Crippen molar-refractivity contribution >= 4 is 17.6 Å². The van der Waals surface area contributed by atoms with E-state index in [-0.39, 0.29) is 23.5 Å². The topological polar surface area (TPSA) is 89.5 Å². The molecule has 2 bridgehead atoms. The molecule has 2 N–H and O–H groups in total. The summed E-state index contributed by atoms with van der Waals surface area (Å²) < 4.78 is 0. The van der Waals surface area contributed by atoms with E-state index in [1.165, 1.54) is 6.07 Å². The first-order valence-corrected chi connectivity index (χ1v) is 6.56. The summed E-state index contributed by atoms with van der Waals surface area (Å²) in [6.07, 6.45) is 4.44. The maximum absolute atomic E-state index is 12.3. The number of carboxylic acid groups (broad SMARTS) is 1. The van der Waals surface area contributed by atoms with Crippen LogP contribution in [-0.4, -0.2) is 17.0 Å². The summed E-state index contributed by atoms with van der Waals surface area (Å²) >= 11 is 0. The van der Waals surface area contributed by atoms with Gasteiger partial charge in [0.1, 0.15) is 5.75 Å². The molecule has 0 aliphatic heterocycles. The lowest BCUT2D eigenvalue weighted by atomic mass is 9.82. The maximum Gasteiger partial charge on any atom is 0.228 e. The van der Waals surface area contributed by atoms with Crippen molar-refractivity contribution in [3.8, 4) is 5.75 Å². The molecule has 0 heterocycles. The van der Waals surface area contributed by atoms with Crippen molar-refractivity contribution in [2.75, 3.05) is 5.32 Å². The lowest BCUT2D eigenvalue weighted by Crippen LogP contribution is -2.42. The zero-order valence-electron chi connectivity index (χ0n) is 10.7. The van der Waals surface area contributed by atoms with Gasteiger partial charge in [0.25, 0.3) is 0 Å². The molecule has 0 radical (unpaired) electrons. The van der Waals surface area contributed by atoms with E-state index in [4.69, 9.17) is 0 Å². The number of carbonyl (C=O) groups excluding carboxylic acids is 2. The van der Waals surface area contributed by atoms with Gasteiger partial charge in [-0.1, -0.05) is 24.3 Å². The van der Waals surface area contributed by atoms with Gasteiger partial charge in [-0.15, -0.1) is 0 Å². The molecule has 1 aromatic rings. The smallest absolute Gasteiger partial charge is 0.228 e. The number of fused-ring (bicyclic) bond motifs is 2. The summed E-state index contributed by atoms with van der Waals surface area (Å²) in [6.45, 7) is 0. The number of benzene rings is 1. The molecule has 1 aromatic carbocycles. The average Bonchev–Trinajstić information content (AvgIpc) is 3.01. The normalized spacial score (nSPS) is 30.4. The molecule has 20 heavy (non-hydrogen) atoms. The van der Waals surface area contributed by atoms with Crippen LogP contribution in [0.25, 0.3) is 0 Å². The Balaban J connectivity index is 1.82. The summed E-state index contributed by atoms with van der Waals surface area (Å²) in [6, 6.07) is 6.37. The number of carboxylic acids is 1. The van der Waals surface area contributed by atoms with E-state index in [1.54, 1.807) is 18.2 Å². The van der Waals surface area contributed by atoms with E-state index >= 15 is 0 Å². The number of phenolic OH excluding ortho intramolecular Hbond substituents is 1. The largest absolute Gasteiger partial charge is 0.550 e. The van der Waals surface area contributed by atoms with Crippen LogP contribution in [0.1, 0.15) is 6.42 Å². The van der Waals surface area contributed by atoms with Gasteiger partial charge in [0.2, 0.25) is 5.91 Å². The minimum atomic E-state index is -1.18. The average molecular weight is 272 g/mol. The molecule has 3 rings (SSSR count). The molecule has 5 heteroatoms. The van der Waals surface area contributed by atoms with Crippen molar-refractivity contribution < 1.29 is 19.8 Å². The predicted octanol–water partition coefficient (Wildman–Crippen LogP) is 0.519. The monoisotopic (exact) mass is 272 g/mol. The highest BCUT2D eigenvalue weighted by atomic mass is 16.4. The number of allylic oxidation sites excluding steroid dienone is 2. The lowest BCUT2D eigenvalue weighted by Gasteiger charge is -2.27. The van der Waals surface area contributed by atoms with Crippen LogP contribution in [0.15, 0.2) is 36.4 Å². The molecule has 0 saturated heterocycles. The molecular weight excluding hydrogens is 258 g/mol. The Labute approximate surface area is 115 Å². The molecule has 2 aliphatic carbocycles. The Bertz CT molecular complexity index is 595. The van der Waals surface area contributed by atoms with E-state index in [9.17, 15) is 19.8 Å². The third-order valence-corrected chi connectivity index (χ3v) is 4.20. The molecule has 4 atom stereocenters. The van der Waals surface area contributed by atoms with Gasteiger partial charge in [-0.3, -0.25) is 4.79 Å². The van der Waals surface area contributed by atoms with Crippen LogP contribution in [0.3, 0.4) is 0 Å². The number of phenols is 1. The van der Waals surface area contributed by atoms with Gasteiger partial charge >= 0.3 is 0 Å². The van der Waals surface area contributed by atoms with Crippen LogP contribution in [0.2, 0.25) is 0 Å². The second-order valence-corrected chi connectivity index (χ2v) is 5.33. The first-order valence-electron chi connectivity index (χ1n) is 6.56. The first kappa shape index (κ1) is 12.7. The highest BCUT2D eigenvalue weighted by Gasteiger charge is 2.48. The number of aromatic hydroxyl groups is 1. The van der Waals surface area contributed by atoms with Crippen LogP contribution in [-0.2, 0) is 9.59 Å². The zero-order valence-corrected chi connectivity index (χ0v) is 10.7. The summed E-state index contributed by atoms with van der Waals surface area (Å²) in [5.41, 5.74) is 0.293. The van der Waals surface area contributed by atoms with Gasteiger partial charge < -0.3 is 20.3 Å². The number of anilines is 1. The summed E-state index contributed by atoms with van der Waals surface area (Å²) in [4.78, 5) is 23.6. The van der Waals surface area contributed by atoms with Crippen molar-refractivity contribution in [3.05, 3.63) is 36.4 Å². The van der Waals surface area contributed by atoms with Gasteiger partial charge in [-0.05, 0) is 30.4 Å². The van der Waals surface area contributed by atoms with Gasteiger partial charge in [0.15, 0.2) is 0 Å². The number of nitrogens with one attached hydrogen (secondary N) is 1. The maximum atomic E-state index is 12.3. The van der Waals surface area contributed by atoms with E-state index in [2.05, 4.69) is 5.32 Å². The Morgan fingerprint density at radius 1 is 1.15 bits per heavy atom. The summed E-state index contributed by atoms with van der Waals surface area (Å²) in [7, 11) is 0. The van der Waals surface area contributed by atoms with E-state index < -0.39 is 17.8 Å². The number of carbonyl (C=O) groups is 2. The molecule has 0 spiro atoms. The quantitative estimate of drug-likeness (QED) is 0.620. The third-order valence-electron chi connectivity index (χ3n) is 4.20. The molecule has 104 valence electrons. The second kappa shape index (κ2) is 4.67. The number of hydrogen-bond donors (Lipinski definition) is 2. The SMILES string of the molecule is O=C(Nc1ccccc1O)[C@@H]1[C@@H](C(=O)[O-])[C@H]2C=C[C@@H]1C2. The van der Waals surface area contributed by atoms with Crippen LogP contribution in [0.4, 0.5) is 5.69 Å². The number of rotatable bonds is 3. The second-order valence-electron chi connectivity index (χ2n) is 5.33. The van der Waals surface area contributed by atoms with E-state index in [0.29, 0.717) is 12.1 Å². The van der Waals surface area contributed by atoms with E-state index in [1.807, 2.05) is 12.2 Å². The Kier molecular flexibility index (Phi) is 2.97. The van der Waals surface area contributed by atoms with Crippen molar-refractivity contribution in [2.24, 2.45) is 23.7 Å². The Hall–Kier alpha value is -2.30. The van der Waals surface area contributed by atoms with Crippen molar-refractivity contribution in [3.63, 3.8) is 0 Å². The highest BCUT2D eigenvalue weighted by molar-refractivity contribution is 5.97. The standard InChI is InChI=1S/C15H15NO4/c17-11-4-2-1-3-10(11)16-14(18)12-8-5-6-9(7-8)13(12)15(19)20/h1-6,8-9,12-13,17H,7H2,(H,16,18)(H,19,20)/p-1/t8-,9+,12+,13+/m1/s1. The van der Waals surface area contributed by atoms with Crippen LogP contribution in [0.5, 0.6) is 5.75 Å². The van der Waals surface area contributed by atoms with Crippen molar-refractivity contribution in [1.82, 2.24) is 0 Å². The fraction of sp³-hybridized carbons (Fsp3) is 0.333. The van der Waals surface area contributed by atoms with Gasteiger partial charge in [0.05, 0.1) is 11.6 Å². The molecule has 2 aliphatic rings. The van der Waals surface area contributed by atoms with Crippen LogP contribution >= 0.6 is 0 Å². The minimum Gasteiger partial charge on any atom is -0.550 e. The minimum absolute atomic E-state index is 0.0375. The molecule has 5 nitrogen and oxygen atoms in total. The first-order chi connectivity index (χ1) is 9.58. The molecule has 1 saturated carbocycles. The fourth-order valence-electron chi connectivity index (χ4n) is 3.30. The van der Waals surface area contributed by atoms with Gasteiger partial charge in [0, 0.05) is 11.9 Å². The van der Waals surface area contributed by atoms with Gasteiger partial charge in [-0.2, -0.15) is 0 Å². The lowest BCUT2D eigenvalue weighted by molar-refractivity contribution is -0.313. The van der Waals surface area contributed by atoms with Crippen molar-refractivity contribution in [2.45, 2.75) is 6.42 Å². The number of para-hydroxylation sites is 2. The van der Waals surface area contributed by atoms with Crippen LogP contribution in [0, 0.1) is 23.7 Å². The number of hydrogen-bond acceptors (Lipinski definition) is 4. The zero-order chi connectivity index (χ0) is 14.3. The summed E-state index contributed by atoms with van der Waals surface area (Å²) in [5, 5.41) is 23.5. The number of aliphatic carboxylic acids is 1. The molecule has 0 unspecified atom stereocenters. The molecule has 1 fully saturated rings. The number of amides is 1. The Morgan fingerprint density at radius 2 is 1.80 bits per heavy atom. The highest BCUT2D eigenvalue weighted by Crippen LogP contribution is 2.48. The van der Waals surface area contributed by atoms with E-state index in [0.717, 1.165) is 0 Å². The van der Waals surface area contributed by atoms with Crippen molar-refractivity contribution in [1.29, 1.82) is 0 Å². The fourth-order valence-corrected chi connectivity index (χ4v) is 3.30. The van der Waals surface area contributed by atoms with Gasteiger partial charge in [-0.25, -0.2) is 0 Å². The molecule has 1 amide bonds. The van der Waals surface area contributed by atoms with Crippen LogP contribution < -0.4 is 10.4 Å². The Morgan fingerprint density at radius 3 is 2.45 bits per heavy atom. The predicted molar refractivity (Wildman–Crippen MR) is 69.5 cm³/mol. The third kappa shape index (κ3) is 1.95. The molecular formula is C15H14NO4-. The summed E-state index contributed by atoms with van der Waals surface area (Å²) in [5.74, 6) is -3.19.